The zero-order chi connectivity index (χ0) is 14.4. The second-order valence-corrected chi connectivity index (χ2v) is 9.00. The van der Waals surface area contributed by atoms with E-state index in [0.29, 0.717) is 5.54 Å². The highest BCUT2D eigenvalue weighted by atomic mass is 15.3. The van der Waals surface area contributed by atoms with E-state index in [2.05, 4.69) is 24.1 Å². The van der Waals surface area contributed by atoms with Gasteiger partial charge in [-0.05, 0) is 55.8 Å². The standard InChI is InChI=1S/C19H34N2/c1-14(2)18-12-21(19(13-20-18)7-3-4-8-19)11-17-10-15-5-6-16(17)9-15/h14-18,20H,3-13H2,1-2H3. The lowest BCUT2D eigenvalue weighted by Gasteiger charge is -2.50. The first-order chi connectivity index (χ1) is 10.2. The van der Waals surface area contributed by atoms with Crippen LogP contribution in [0.5, 0.6) is 0 Å². The number of nitrogens with one attached hydrogen (secondary N) is 1. The Balaban J connectivity index is 1.48. The monoisotopic (exact) mass is 290 g/mol. The molecule has 1 aliphatic heterocycles. The molecule has 4 atom stereocenters. The SMILES string of the molecule is CC(C)C1CN(CC2CC3CCC2C3)C2(CCCC2)CN1. The van der Waals surface area contributed by atoms with Gasteiger partial charge < -0.3 is 5.32 Å². The second-order valence-electron chi connectivity index (χ2n) is 9.00. The molecule has 0 aromatic heterocycles. The van der Waals surface area contributed by atoms with E-state index in [1.807, 2.05) is 0 Å². The summed E-state index contributed by atoms with van der Waals surface area (Å²) in [6.45, 7) is 8.77. The van der Waals surface area contributed by atoms with E-state index in [-0.39, 0.29) is 0 Å². The normalized spacial score (nSPS) is 42.4. The van der Waals surface area contributed by atoms with Crippen molar-refractivity contribution >= 4 is 0 Å². The summed E-state index contributed by atoms with van der Waals surface area (Å²) < 4.78 is 0. The van der Waals surface area contributed by atoms with E-state index in [0.717, 1.165) is 29.7 Å². The van der Waals surface area contributed by atoms with Gasteiger partial charge in [0, 0.05) is 31.2 Å². The number of fused-ring (bicyclic) bond motifs is 2. The third-order valence-corrected chi connectivity index (χ3v) is 7.46. The van der Waals surface area contributed by atoms with Gasteiger partial charge in [0.1, 0.15) is 0 Å². The zero-order valence-corrected chi connectivity index (χ0v) is 14.1. The minimum Gasteiger partial charge on any atom is -0.311 e. The summed E-state index contributed by atoms with van der Waals surface area (Å²) in [4.78, 5) is 2.98. The van der Waals surface area contributed by atoms with Crippen LogP contribution in [-0.2, 0) is 0 Å². The summed E-state index contributed by atoms with van der Waals surface area (Å²) in [6.07, 6.45) is 12.0. The van der Waals surface area contributed by atoms with E-state index in [1.54, 1.807) is 25.7 Å². The quantitative estimate of drug-likeness (QED) is 0.853. The van der Waals surface area contributed by atoms with Gasteiger partial charge in [0.2, 0.25) is 0 Å². The smallest absolute Gasteiger partial charge is 0.0334 e. The van der Waals surface area contributed by atoms with Crippen molar-refractivity contribution in [3.05, 3.63) is 0 Å². The minimum absolute atomic E-state index is 0.535. The van der Waals surface area contributed by atoms with Crippen molar-refractivity contribution in [1.82, 2.24) is 10.2 Å². The lowest BCUT2D eigenvalue weighted by atomic mass is 9.83. The van der Waals surface area contributed by atoms with Gasteiger partial charge in [-0.3, -0.25) is 4.90 Å². The molecule has 2 nitrogen and oxygen atoms in total. The van der Waals surface area contributed by atoms with E-state index >= 15 is 0 Å². The summed E-state index contributed by atoms with van der Waals surface area (Å²) in [5.41, 5.74) is 0.535. The van der Waals surface area contributed by atoms with Crippen molar-refractivity contribution in [1.29, 1.82) is 0 Å². The van der Waals surface area contributed by atoms with Crippen LogP contribution >= 0.6 is 0 Å². The molecule has 1 heterocycles. The molecule has 4 fully saturated rings. The first kappa shape index (κ1) is 14.5. The molecule has 1 saturated heterocycles. The van der Waals surface area contributed by atoms with Crippen LogP contribution in [0.3, 0.4) is 0 Å². The van der Waals surface area contributed by atoms with Crippen molar-refractivity contribution in [3.63, 3.8) is 0 Å². The molecule has 3 saturated carbocycles. The Hall–Kier alpha value is -0.0800. The van der Waals surface area contributed by atoms with Crippen molar-refractivity contribution in [2.24, 2.45) is 23.7 Å². The predicted molar refractivity (Wildman–Crippen MR) is 88.3 cm³/mol. The molecule has 2 heteroatoms. The maximum absolute atomic E-state index is 3.90. The van der Waals surface area contributed by atoms with E-state index in [9.17, 15) is 0 Å². The van der Waals surface area contributed by atoms with Crippen LogP contribution < -0.4 is 5.32 Å². The van der Waals surface area contributed by atoms with Gasteiger partial charge >= 0.3 is 0 Å². The molecule has 0 aromatic rings. The van der Waals surface area contributed by atoms with Crippen molar-refractivity contribution in [3.8, 4) is 0 Å². The number of rotatable bonds is 3. The van der Waals surface area contributed by atoms with Crippen LogP contribution in [0.15, 0.2) is 0 Å². The fourth-order valence-electron chi connectivity index (χ4n) is 6.05. The molecule has 4 unspecified atom stereocenters. The average molecular weight is 290 g/mol. The number of hydrogen-bond donors (Lipinski definition) is 1. The maximum Gasteiger partial charge on any atom is 0.0334 e. The van der Waals surface area contributed by atoms with E-state index < -0.39 is 0 Å². The summed E-state index contributed by atoms with van der Waals surface area (Å²) in [5.74, 6) is 3.99. The van der Waals surface area contributed by atoms with Gasteiger partial charge in [0.25, 0.3) is 0 Å². The first-order valence-corrected chi connectivity index (χ1v) is 9.65. The molecular formula is C19H34N2. The highest BCUT2D eigenvalue weighted by Gasteiger charge is 2.47. The molecule has 120 valence electrons. The van der Waals surface area contributed by atoms with Crippen LogP contribution in [-0.4, -0.2) is 36.1 Å². The molecule has 21 heavy (non-hydrogen) atoms. The Morgan fingerprint density at radius 3 is 2.57 bits per heavy atom. The molecule has 4 rings (SSSR count). The van der Waals surface area contributed by atoms with Gasteiger partial charge in [-0.2, -0.15) is 0 Å². The number of hydrogen-bond acceptors (Lipinski definition) is 2. The van der Waals surface area contributed by atoms with Crippen molar-refractivity contribution < 1.29 is 0 Å². The fraction of sp³-hybridized carbons (Fsp3) is 1.00. The summed E-state index contributed by atoms with van der Waals surface area (Å²) in [6, 6.07) is 0.717. The van der Waals surface area contributed by atoms with Crippen LogP contribution in [0.4, 0.5) is 0 Å². The third-order valence-electron chi connectivity index (χ3n) is 7.46. The molecule has 2 bridgehead atoms. The largest absolute Gasteiger partial charge is 0.311 e. The first-order valence-electron chi connectivity index (χ1n) is 9.65. The van der Waals surface area contributed by atoms with Gasteiger partial charge in [0.15, 0.2) is 0 Å². The second kappa shape index (κ2) is 5.53. The summed E-state index contributed by atoms with van der Waals surface area (Å²) >= 11 is 0. The fourth-order valence-corrected chi connectivity index (χ4v) is 6.05. The van der Waals surface area contributed by atoms with E-state index in [1.165, 1.54) is 45.3 Å². The molecule has 1 spiro atoms. The Morgan fingerprint density at radius 1 is 1.14 bits per heavy atom. The van der Waals surface area contributed by atoms with Crippen LogP contribution in [0.2, 0.25) is 0 Å². The molecule has 0 aromatic carbocycles. The number of nitrogens with zero attached hydrogens (tertiary/aromatic N) is 1. The minimum atomic E-state index is 0.535. The van der Waals surface area contributed by atoms with Gasteiger partial charge in [-0.15, -0.1) is 0 Å². The Labute approximate surface area is 131 Å². The lowest BCUT2D eigenvalue weighted by Crippen LogP contribution is -2.65. The topological polar surface area (TPSA) is 15.3 Å². The lowest BCUT2D eigenvalue weighted by molar-refractivity contribution is 0.0131. The Morgan fingerprint density at radius 2 is 1.95 bits per heavy atom. The molecule has 0 radical (unpaired) electrons. The molecule has 3 aliphatic carbocycles. The summed E-state index contributed by atoms with van der Waals surface area (Å²) in [7, 11) is 0. The van der Waals surface area contributed by atoms with Crippen molar-refractivity contribution in [2.45, 2.75) is 76.8 Å². The molecular weight excluding hydrogens is 256 g/mol. The molecule has 1 N–H and O–H groups in total. The van der Waals surface area contributed by atoms with Gasteiger partial charge in [-0.25, -0.2) is 0 Å². The summed E-state index contributed by atoms with van der Waals surface area (Å²) in [5, 5.41) is 3.90. The van der Waals surface area contributed by atoms with Crippen molar-refractivity contribution in [2.75, 3.05) is 19.6 Å². The van der Waals surface area contributed by atoms with Crippen LogP contribution in [0.25, 0.3) is 0 Å². The highest BCUT2D eigenvalue weighted by molar-refractivity contribution is 5.04. The van der Waals surface area contributed by atoms with Gasteiger partial charge in [0.05, 0.1) is 0 Å². The molecule has 4 aliphatic rings. The third kappa shape index (κ3) is 2.57. The van der Waals surface area contributed by atoms with Gasteiger partial charge in [-0.1, -0.05) is 33.1 Å². The van der Waals surface area contributed by atoms with Crippen LogP contribution in [0.1, 0.15) is 65.2 Å². The van der Waals surface area contributed by atoms with E-state index in [4.69, 9.17) is 0 Å². The van der Waals surface area contributed by atoms with Crippen LogP contribution in [0, 0.1) is 23.7 Å². The highest BCUT2D eigenvalue weighted by Crippen LogP contribution is 2.49. The molecule has 0 amide bonds. The maximum atomic E-state index is 3.90. The Bertz CT molecular complexity index is 372. The Kier molecular flexibility index (Phi) is 3.82. The average Bonchev–Trinajstić information content (AvgIpc) is 3.18. The zero-order valence-electron chi connectivity index (χ0n) is 14.1. The predicted octanol–water partition coefficient (Wildman–Crippen LogP) is 3.67. The number of piperazine rings is 1.